The maximum Gasteiger partial charge on any atom is 0.417 e. The Hall–Kier alpha value is -4.65. The van der Waals surface area contributed by atoms with Gasteiger partial charge in [0.15, 0.2) is 0 Å². The number of hydrogen-bond donors (Lipinski definition) is 3. The second kappa shape index (κ2) is 9.44. The summed E-state index contributed by atoms with van der Waals surface area (Å²) in [5.74, 6) is 2.51. The van der Waals surface area contributed by atoms with E-state index in [0.29, 0.717) is 45.8 Å². The van der Waals surface area contributed by atoms with Crippen molar-refractivity contribution < 1.29 is 19.0 Å². The van der Waals surface area contributed by atoms with Gasteiger partial charge in [-0.05, 0) is 60.7 Å². The van der Waals surface area contributed by atoms with E-state index in [0.717, 1.165) is 0 Å². The van der Waals surface area contributed by atoms with Gasteiger partial charge in [0.25, 0.3) is 0 Å². The highest BCUT2D eigenvalue weighted by molar-refractivity contribution is 5.87. The molecular weight excluding hydrogens is 406 g/mol. The number of anilines is 3. The minimum atomic E-state index is -0.640. The van der Waals surface area contributed by atoms with Crippen LogP contribution < -0.4 is 31.0 Å². The molecule has 0 aromatic heterocycles. The number of rotatable bonds is 6. The van der Waals surface area contributed by atoms with Crippen molar-refractivity contribution in [3.05, 3.63) is 97.1 Å². The van der Waals surface area contributed by atoms with Gasteiger partial charge in [-0.2, -0.15) is 0 Å². The molecule has 0 spiro atoms. The highest BCUT2D eigenvalue weighted by Gasteiger charge is 2.10. The predicted octanol–water partition coefficient (Wildman–Crippen LogP) is 6.05. The molecule has 7 nitrogen and oxygen atoms in total. The maximum absolute atomic E-state index is 12.4. The molecule has 5 N–H and O–H groups in total. The van der Waals surface area contributed by atoms with Gasteiger partial charge in [-0.25, -0.2) is 4.79 Å². The molecule has 0 saturated heterocycles. The number of nitrogen functional groups attached to an aromatic ring is 2. The van der Waals surface area contributed by atoms with Crippen LogP contribution in [0.15, 0.2) is 97.1 Å². The average Bonchev–Trinajstić information content (AvgIpc) is 2.77. The lowest BCUT2D eigenvalue weighted by Gasteiger charge is -2.13. The molecule has 4 aromatic carbocycles. The Balaban J connectivity index is 1.57. The number of carbonyl (C=O) groups excluding carboxylic acids is 1. The van der Waals surface area contributed by atoms with Gasteiger partial charge in [0, 0.05) is 29.6 Å². The molecule has 0 bridgehead atoms. The van der Waals surface area contributed by atoms with Crippen molar-refractivity contribution in [3.63, 3.8) is 0 Å². The van der Waals surface area contributed by atoms with E-state index in [1.165, 1.54) is 0 Å². The lowest BCUT2D eigenvalue weighted by molar-refractivity contribution is 0.215. The maximum atomic E-state index is 12.4. The fourth-order valence-corrected chi connectivity index (χ4v) is 2.84. The number of ether oxygens (including phenoxy) is 3. The standard InChI is InChI=1S/C25H21N3O4/c26-17-6-10-21(11-7-17)30-23-14-19(28-25(29)32-20-4-2-1-3-5-20)15-24(16-23)31-22-12-8-18(27)9-13-22/h1-16H,26-27H2,(H,28,29). The molecule has 0 heterocycles. The van der Waals surface area contributed by atoms with Crippen molar-refractivity contribution >= 4 is 23.2 Å². The number of nitrogens with one attached hydrogen (secondary N) is 1. The fourth-order valence-electron chi connectivity index (χ4n) is 2.84. The summed E-state index contributed by atoms with van der Waals surface area (Å²) in [5, 5.41) is 2.70. The second-order valence-electron chi connectivity index (χ2n) is 6.86. The third-order valence-corrected chi connectivity index (χ3v) is 4.31. The SMILES string of the molecule is Nc1ccc(Oc2cc(NC(=O)Oc3ccccc3)cc(Oc3ccc(N)cc3)c2)cc1. The van der Waals surface area contributed by atoms with Crippen LogP contribution in [0.2, 0.25) is 0 Å². The van der Waals surface area contributed by atoms with Crippen LogP contribution >= 0.6 is 0 Å². The van der Waals surface area contributed by atoms with Crippen LogP contribution in [0.1, 0.15) is 0 Å². The van der Waals surface area contributed by atoms with Crippen molar-refractivity contribution in [1.82, 2.24) is 0 Å². The zero-order valence-electron chi connectivity index (χ0n) is 17.0. The Bertz CT molecular complexity index is 1130. The summed E-state index contributed by atoms with van der Waals surface area (Å²) in [6.07, 6.45) is -0.640. The quantitative estimate of drug-likeness (QED) is 0.323. The zero-order valence-corrected chi connectivity index (χ0v) is 17.0. The molecule has 0 unspecified atom stereocenters. The van der Waals surface area contributed by atoms with Crippen LogP contribution in [0, 0.1) is 0 Å². The Labute approximate surface area is 185 Å². The van der Waals surface area contributed by atoms with E-state index in [1.807, 2.05) is 6.07 Å². The molecule has 1 amide bonds. The fraction of sp³-hybridized carbons (Fsp3) is 0. The Kier molecular flexibility index (Phi) is 6.08. The summed E-state index contributed by atoms with van der Waals surface area (Å²) < 4.78 is 17.1. The third kappa shape index (κ3) is 5.70. The van der Waals surface area contributed by atoms with Crippen molar-refractivity contribution in [2.45, 2.75) is 0 Å². The van der Waals surface area contributed by atoms with Gasteiger partial charge in [-0.1, -0.05) is 18.2 Å². The van der Waals surface area contributed by atoms with Crippen LogP contribution in [0.25, 0.3) is 0 Å². The average molecular weight is 427 g/mol. The first kappa shape index (κ1) is 20.6. The first-order valence-corrected chi connectivity index (χ1v) is 9.79. The first-order chi connectivity index (χ1) is 15.5. The van der Waals surface area contributed by atoms with E-state index in [-0.39, 0.29) is 0 Å². The molecule has 32 heavy (non-hydrogen) atoms. The summed E-state index contributed by atoms with van der Waals surface area (Å²) in [6.45, 7) is 0. The highest BCUT2D eigenvalue weighted by atomic mass is 16.6. The van der Waals surface area contributed by atoms with Crippen molar-refractivity contribution in [1.29, 1.82) is 0 Å². The number of hydrogen-bond acceptors (Lipinski definition) is 6. The van der Waals surface area contributed by atoms with Crippen LogP contribution in [-0.2, 0) is 0 Å². The Morgan fingerprint density at radius 3 is 1.59 bits per heavy atom. The number of benzene rings is 4. The first-order valence-electron chi connectivity index (χ1n) is 9.79. The molecule has 0 fully saturated rings. The van der Waals surface area contributed by atoms with Gasteiger partial charge in [0.05, 0.1) is 5.69 Å². The molecule has 0 aliphatic rings. The molecular formula is C25H21N3O4. The number of carbonyl (C=O) groups is 1. The van der Waals surface area contributed by atoms with Gasteiger partial charge in [0.1, 0.15) is 28.7 Å². The molecule has 7 heteroatoms. The van der Waals surface area contributed by atoms with E-state index in [2.05, 4.69) is 5.32 Å². The molecule has 0 saturated carbocycles. The van der Waals surface area contributed by atoms with E-state index in [1.54, 1.807) is 91.0 Å². The van der Waals surface area contributed by atoms with Crippen LogP contribution in [0.4, 0.5) is 21.9 Å². The summed E-state index contributed by atoms with van der Waals surface area (Å²) in [7, 11) is 0. The molecule has 4 aromatic rings. The molecule has 0 atom stereocenters. The lowest BCUT2D eigenvalue weighted by Crippen LogP contribution is -2.16. The van der Waals surface area contributed by atoms with Crippen molar-refractivity contribution in [2.24, 2.45) is 0 Å². The van der Waals surface area contributed by atoms with E-state index in [9.17, 15) is 4.79 Å². The number of nitrogens with two attached hydrogens (primary N) is 2. The second-order valence-corrected chi connectivity index (χ2v) is 6.86. The molecule has 4 rings (SSSR count). The largest absolute Gasteiger partial charge is 0.457 e. The summed E-state index contributed by atoms with van der Waals surface area (Å²) in [5.41, 5.74) is 13.2. The minimum Gasteiger partial charge on any atom is -0.457 e. The Morgan fingerprint density at radius 1 is 0.594 bits per heavy atom. The Morgan fingerprint density at radius 2 is 1.09 bits per heavy atom. The van der Waals surface area contributed by atoms with Crippen molar-refractivity contribution in [3.8, 4) is 28.7 Å². The third-order valence-electron chi connectivity index (χ3n) is 4.31. The minimum absolute atomic E-state index is 0.428. The highest BCUT2D eigenvalue weighted by Crippen LogP contribution is 2.33. The lowest BCUT2D eigenvalue weighted by atomic mass is 10.2. The molecule has 0 radical (unpaired) electrons. The van der Waals surface area contributed by atoms with E-state index >= 15 is 0 Å². The van der Waals surface area contributed by atoms with Crippen molar-refractivity contribution in [2.75, 3.05) is 16.8 Å². The normalized spacial score (nSPS) is 10.2. The van der Waals surface area contributed by atoms with E-state index < -0.39 is 6.09 Å². The smallest absolute Gasteiger partial charge is 0.417 e. The van der Waals surface area contributed by atoms with Crippen LogP contribution in [-0.4, -0.2) is 6.09 Å². The molecule has 0 aliphatic heterocycles. The monoisotopic (exact) mass is 427 g/mol. The van der Waals surface area contributed by atoms with Gasteiger partial charge in [-0.15, -0.1) is 0 Å². The number of para-hydroxylation sites is 1. The molecule has 0 aliphatic carbocycles. The van der Waals surface area contributed by atoms with E-state index in [4.69, 9.17) is 25.7 Å². The van der Waals surface area contributed by atoms with Gasteiger partial charge >= 0.3 is 6.09 Å². The summed E-state index contributed by atoms with van der Waals surface area (Å²) >= 11 is 0. The van der Waals surface area contributed by atoms with Gasteiger partial charge < -0.3 is 25.7 Å². The number of amides is 1. The summed E-state index contributed by atoms with van der Waals surface area (Å²) in [6, 6.07) is 27.8. The topological polar surface area (TPSA) is 109 Å². The van der Waals surface area contributed by atoms with Gasteiger partial charge in [0.2, 0.25) is 0 Å². The molecule has 160 valence electrons. The van der Waals surface area contributed by atoms with Gasteiger partial charge in [-0.3, -0.25) is 5.32 Å². The summed E-state index contributed by atoms with van der Waals surface area (Å²) in [4.78, 5) is 12.4. The predicted molar refractivity (Wildman–Crippen MR) is 124 cm³/mol. The van der Waals surface area contributed by atoms with Crippen LogP contribution in [0.5, 0.6) is 28.7 Å². The zero-order chi connectivity index (χ0) is 22.3. The van der Waals surface area contributed by atoms with Crippen LogP contribution in [0.3, 0.4) is 0 Å².